The highest BCUT2D eigenvalue weighted by molar-refractivity contribution is 5.74. The molecule has 0 spiro atoms. The van der Waals surface area contributed by atoms with Crippen LogP contribution in [0.3, 0.4) is 0 Å². The van der Waals surface area contributed by atoms with Gasteiger partial charge in [-0.2, -0.15) is 0 Å². The number of urea groups is 1. The fourth-order valence-electron chi connectivity index (χ4n) is 1.60. The average Bonchev–Trinajstić information content (AvgIpc) is 2.47. The molecule has 0 heterocycles. The van der Waals surface area contributed by atoms with Gasteiger partial charge in [-0.25, -0.2) is 4.79 Å². The van der Waals surface area contributed by atoms with E-state index >= 15 is 0 Å². The van der Waals surface area contributed by atoms with Crippen molar-refractivity contribution < 1.29 is 9.90 Å². The van der Waals surface area contributed by atoms with Crippen LogP contribution in [-0.2, 0) is 0 Å². The molecule has 4 heteroatoms. The van der Waals surface area contributed by atoms with E-state index < -0.39 is 0 Å². The Bertz CT molecular complexity index is 485. The molecule has 1 aromatic carbocycles. The number of carbonyl (C=O) groups excluding carboxylic acids is 1. The quantitative estimate of drug-likeness (QED) is 0.827. The fraction of sp³-hybridized carbons (Fsp3) is 0.438. The minimum Gasteiger partial charge on any atom is -0.395 e. The Labute approximate surface area is 120 Å². The van der Waals surface area contributed by atoms with E-state index in [1.54, 1.807) is 11.9 Å². The predicted molar refractivity (Wildman–Crippen MR) is 80.3 cm³/mol. The first-order valence-electron chi connectivity index (χ1n) is 6.79. The Morgan fingerprint density at radius 1 is 1.40 bits per heavy atom. The number of aliphatic hydroxyl groups is 1. The van der Waals surface area contributed by atoms with Crippen molar-refractivity contribution in [3.8, 4) is 11.8 Å². The lowest BCUT2D eigenvalue weighted by Crippen LogP contribution is -2.38. The highest BCUT2D eigenvalue weighted by Crippen LogP contribution is 2.13. The molecular weight excluding hydrogens is 252 g/mol. The smallest absolute Gasteiger partial charge is 0.317 e. The highest BCUT2D eigenvalue weighted by Gasteiger charge is 2.11. The molecule has 2 amide bonds. The summed E-state index contributed by atoms with van der Waals surface area (Å²) in [6, 6.07) is 7.64. The van der Waals surface area contributed by atoms with E-state index in [2.05, 4.69) is 17.2 Å². The topological polar surface area (TPSA) is 52.6 Å². The molecule has 0 aliphatic carbocycles. The predicted octanol–water partition coefficient (Wildman–Crippen LogP) is 2.14. The van der Waals surface area contributed by atoms with Crippen LogP contribution in [0.5, 0.6) is 0 Å². The molecule has 20 heavy (non-hydrogen) atoms. The number of benzene rings is 1. The molecule has 0 saturated carbocycles. The number of nitrogens with one attached hydrogen (secondary N) is 1. The van der Waals surface area contributed by atoms with E-state index in [-0.39, 0.29) is 18.7 Å². The summed E-state index contributed by atoms with van der Waals surface area (Å²) in [5.41, 5.74) is 1.95. The van der Waals surface area contributed by atoms with E-state index in [1.165, 1.54) is 0 Å². The van der Waals surface area contributed by atoms with Gasteiger partial charge in [-0.15, -0.1) is 0 Å². The van der Waals surface area contributed by atoms with Gasteiger partial charge in [-0.1, -0.05) is 24.0 Å². The monoisotopic (exact) mass is 274 g/mol. The lowest BCUT2D eigenvalue weighted by atomic mass is 10.1. The van der Waals surface area contributed by atoms with E-state index in [1.807, 2.05) is 38.1 Å². The summed E-state index contributed by atoms with van der Waals surface area (Å²) in [5, 5.41) is 11.6. The van der Waals surface area contributed by atoms with Gasteiger partial charge in [0.15, 0.2) is 0 Å². The third-order valence-corrected chi connectivity index (χ3v) is 3.04. The first-order chi connectivity index (χ1) is 9.58. The minimum absolute atomic E-state index is 0.0454. The largest absolute Gasteiger partial charge is 0.395 e. The Morgan fingerprint density at radius 2 is 2.05 bits per heavy atom. The Hall–Kier alpha value is -1.99. The van der Waals surface area contributed by atoms with Gasteiger partial charge in [0, 0.05) is 25.6 Å². The number of hydrogen-bond donors (Lipinski definition) is 2. The summed E-state index contributed by atoms with van der Waals surface area (Å²) in [5.74, 6) is 5.85. The van der Waals surface area contributed by atoms with E-state index in [0.717, 1.165) is 11.1 Å². The van der Waals surface area contributed by atoms with Crippen LogP contribution in [-0.4, -0.2) is 36.2 Å². The summed E-state index contributed by atoms with van der Waals surface area (Å²) in [6.07, 6.45) is 0.484. The number of carbonyl (C=O) groups is 1. The van der Waals surface area contributed by atoms with Crippen molar-refractivity contribution in [1.29, 1.82) is 0 Å². The molecule has 0 saturated heterocycles. The van der Waals surface area contributed by atoms with Crippen molar-refractivity contribution in [3.63, 3.8) is 0 Å². The lowest BCUT2D eigenvalue weighted by Gasteiger charge is -2.20. The maximum absolute atomic E-state index is 11.8. The second-order valence-electron chi connectivity index (χ2n) is 4.58. The molecule has 0 bridgehead atoms. The first-order valence-corrected chi connectivity index (χ1v) is 6.79. The average molecular weight is 274 g/mol. The summed E-state index contributed by atoms with van der Waals surface area (Å²) < 4.78 is 0. The Kier molecular flexibility index (Phi) is 6.61. The van der Waals surface area contributed by atoms with Crippen LogP contribution in [0.2, 0.25) is 0 Å². The van der Waals surface area contributed by atoms with Crippen molar-refractivity contribution in [2.75, 3.05) is 20.2 Å². The Balaban J connectivity index is 2.64. The maximum Gasteiger partial charge on any atom is 0.317 e. The third-order valence-electron chi connectivity index (χ3n) is 3.04. The molecule has 0 radical (unpaired) electrons. The highest BCUT2D eigenvalue weighted by atomic mass is 16.2. The molecule has 0 aromatic heterocycles. The van der Waals surface area contributed by atoms with Crippen molar-refractivity contribution in [3.05, 3.63) is 35.4 Å². The molecule has 1 aromatic rings. The fourth-order valence-corrected chi connectivity index (χ4v) is 1.60. The van der Waals surface area contributed by atoms with Crippen LogP contribution in [0, 0.1) is 11.8 Å². The zero-order chi connectivity index (χ0) is 15.0. The van der Waals surface area contributed by atoms with Crippen LogP contribution in [0.4, 0.5) is 4.79 Å². The molecule has 2 N–H and O–H groups in total. The van der Waals surface area contributed by atoms with Crippen LogP contribution in [0.1, 0.15) is 37.4 Å². The van der Waals surface area contributed by atoms with Gasteiger partial charge < -0.3 is 15.3 Å². The van der Waals surface area contributed by atoms with Crippen LogP contribution in [0.15, 0.2) is 24.3 Å². The summed E-state index contributed by atoms with van der Waals surface area (Å²) in [7, 11) is 1.77. The molecule has 1 rings (SSSR count). The molecule has 0 fully saturated rings. The SMILES string of the molecule is CCN(C)C(=O)NC(C)c1ccc(C#CCCO)cc1. The van der Waals surface area contributed by atoms with Gasteiger partial charge in [0.05, 0.1) is 12.6 Å². The van der Waals surface area contributed by atoms with Crippen molar-refractivity contribution in [2.24, 2.45) is 0 Å². The summed E-state index contributed by atoms with van der Waals surface area (Å²) in [4.78, 5) is 13.4. The van der Waals surface area contributed by atoms with E-state index in [9.17, 15) is 4.79 Å². The lowest BCUT2D eigenvalue weighted by molar-refractivity contribution is 0.208. The number of nitrogens with zero attached hydrogens (tertiary/aromatic N) is 1. The second kappa shape index (κ2) is 8.23. The number of rotatable bonds is 4. The normalized spacial score (nSPS) is 11.2. The third kappa shape index (κ3) is 4.94. The first kappa shape index (κ1) is 16.1. The number of hydrogen-bond acceptors (Lipinski definition) is 2. The standard InChI is InChI=1S/C16H22N2O2/c1-4-18(3)16(20)17-13(2)15-10-8-14(9-11-15)7-5-6-12-19/h8-11,13,19H,4,6,12H2,1-3H3,(H,17,20). The summed E-state index contributed by atoms with van der Waals surface area (Å²) >= 11 is 0. The van der Waals surface area contributed by atoms with Gasteiger partial charge in [0.1, 0.15) is 0 Å². The molecule has 0 aliphatic rings. The van der Waals surface area contributed by atoms with Crippen LogP contribution in [0.25, 0.3) is 0 Å². The Morgan fingerprint density at radius 3 is 2.60 bits per heavy atom. The van der Waals surface area contributed by atoms with Crippen LogP contribution < -0.4 is 5.32 Å². The summed E-state index contributed by atoms with van der Waals surface area (Å²) in [6.45, 7) is 4.65. The van der Waals surface area contributed by atoms with Crippen molar-refractivity contribution in [1.82, 2.24) is 10.2 Å². The maximum atomic E-state index is 11.8. The molecule has 108 valence electrons. The zero-order valence-corrected chi connectivity index (χ0v) is 12.3. The second-order valence-corrected chi connectivity index (χ2v) is 4.58. The van der Waals surface area contributed by atoms with Gasteiger partial charge in [0.2, 0.25) is 0 Å². The molecule has 1 atom stereocenters. The van der Waals surface area contributed by atoms with E-state index in [0.29, 0.717) is 13.0 Å². The van der Waals surface area contributed by atoms with Gasteiger partial charge in [-0.3, -0.25) is 0 Å². The van der Waals surface area contributed by atoms with E-state index in [4.69, 9.17) is 5.11 Å². The van der Waals surface area contributed by atoms with Crippen molar-refractivity contribution in [2.45, 2.75) is 26.3 Å². The molecule has 4 nitrogen and oxygen atoms in total. The van der Waals surface area contributed by atoms with Crippen molar-refractivity contribution >= 4 is 6.03 Å². The zero-order valence-electron chi connectivity index (χ0n) is 12.3. The van der Waals surface area contributed by atoms with Gasteiger partial charge >= 0.3 is 6.03 Å². The number of amides is 2. The minimum atomic E-state index is -0.0770. The molecule has 0 aliphatic heterocycles. The van der Waals surface area contributed by atoms with Gasteiger partial charge in [-0.05, 0) is 31.5 Å². The van der Waals surface area contributed by atoms with Gasteiger partial charge in [0.25, 0.3) is 0 Å². The van der Waals surface area contributed by atoms with Crippen LogP contribution >= 0.6 is 0 Å². The molecular formula is C16H22N2O2. The number of aliphatic hydroxyl groups excluding tert-OH is 1. The molecule has 1 unspecified atom stereocenters.